The van der Waals surface area contributed by atoms with Crippen LogP contribution in [0.5, 0.6) is 0 Å². The van der Waals surface area contributed by atoms with Crippen molar-refractivity contribution < 1.29 is 4.74 Å². The van der Waals surface area contributed by atoms with Crippen molar-refractivity contribution in [2.45, 2.75) is 46.3 Å². The van der Waals surface area contributed by atoms with Gasteiger partial charge in [-0.3, -0.25) is 4.90 Å². The van der Waals surface area contributed by atoms with Crippen molar-refractivity contribution in [2.24, 2.45) is 5.92 Å². The van der Waals surface area contributed by atoms with E-state index in [0.29, 0.717) is 6.61 Å². The summed E-state index contributed by atoms with van der Waals surface area (Å²) < 4.78 is 5.17. The highest BCUT2D eigenvalue weighted by Gasteiger charge is 2.18. The summed E-state index contributed by atoms with van der Waals surface area (Å²) in [7, 11) is 1.75. The van der Waals surface area contributed by atoms with Gasteiger partial charge in [-0.1, -0.05) is 51.0 Å². The van der Waals surface area contributed by atoms with E-state index in [0.717, 1.165) is 12.5 Å². The molecular formula is C20H34N2O. The Labute approximate surface area is 142 Å². The second-order valence-electron chi connectivity index (χ2n) is 7.07. The lowest BCUT2D eigenvalue weighted by atomic mass is 10.0. The van der Waals surface area contributed by atoms with Crippen LogP contribution in [-0.2, 0) is 17.9 Å². The predicted molar refractivity (Wildman–Crippen MR) is 97.6 cm³/mol. The van der Waals surface area contributed by atoms with Crippen molar-refractivity contribution in [3.63, 3.8) is 0 Å². The SMILES string of the molecule is CCCCC(C)CN1CCN(Cc2ccc(COC)cc2)CC1. The smallest absolute Gasteiger partial charge is 0.0713 e. The summed E-state index contributed by atoms with van der Waals surface area (Å²) in [5.74, 6) is 0.842. The molecule has 0 radical (unpaired) electrons. The van der Waals surface area contributed by atoms with Crippen molar-refractivity contribution in [1.82, 2.24) is 9.80 Å². The first kappa shape index (κ1) is 18.4. The van der Waals surface area contributed by atoms with E-state index in [1.54, 1.807) is 7.11 Å². The maximum Gasteiger partial charge on any atom is 0.0713 e. The summed E-state index contributed by atoms with van der Waals surface area (Å²) in [6.07, 6.45) is 4.08. The molecule has 0 saturated carbocycles. The minimum atomic E-state index is 0.704. The number of rotatable bonds is 9. The van der Waals surface area contributed by atoms with Crippen LogP contribution in [0.4, 0.5) is 0 Å². The third-order valence-corrected chi connectivity index (χ3v) is 4.83. The Hall–Kier alpha value is -0.900. The lowest BCUT2D eigenvalue weighted by Crippen LogP contribution is -2.47. The van der Waals surface area contributed by atoms with Crippen molar-refractivity contribution in [2.75, 3.05) is 39.8 Å². The molecule has 0 spiro atoms. The molecule has 1 aliphatic heterocycles. The third kappa shape index (κ3) is 6.62. The van der Waals surface area contributed by atoms with Gasteiger partial charge in [-0.2, -0.15) is 0 Å². The summed E-state index contributed by atoms with van der Waals surface area (Å²) in [5, 5.41) is 0. The molecule has 1 heterocycles. The minimum Gasteiger partial charge on any atom is -0.380 e. The molecule has 130 valence electrons. The summed E-state index contributed by atoms with van der Waals surface area (Å²) in [6, 6.07) is 8.86. The fraction of sp³-hybridized carbons (Fsp3) is 0.700. The topological polar surface area (TPSA) is 15.7 Å². The molecule has 1 saturated heterocycles. The van der Waals surface area contributed by atoms with E-state index in [4.69, 9.17) is 4.74 Å². The number of unbranched alkanes of at least 4 members (excludes halogenated alkanes) is 1. The molecule has 2 rings (SSSR count). The van der Waals surface area contributed by atoms with Crippen LogP contribution in [-0.4, -0.2) is 49.6 Å². The molecule has 23 heavy (non-hydrogen) atoms. The molecule has 0 amide bonds. The van der Waals surface area contributed by atoms with Gasteiger partial charge < -0.3 is 9.64 Å². The second kappa shape index (κ2) is 10.1. The van der Waals surface area contributed by atoms with Crippen LogP contribution in [0.15, 0.2) is 24.3 Å². The maximum absolute atomic E-state index is 5.17. The van der Waals surface area contributed by atoms with Gasteiger partial charge in [-0.15, -0.1) is 0 Å². The highest BCUT2D eigenvalue weighted by Crippen LogP contribution is 2.14. The van der Waals surface area contributed by atoms with E-state index in [2.05, 4.69) is 47.9 Å². The molecular weight excluding hydrogens is 284 g/mol. The number of nitrogens with zero attached hydrogens (tertiary/aromatic N) is 2. The molecule has 1 atom stereocenters. The van der Waals surface area contributed by atoms with E-state index >= 15 is 0 Å². The first-order valence-electron chi connectivity index (χ1n) is 9.22. The average Bonchev–Trinajstić information content (AvgIpc) is 2.57. The van der Waals surface area contributed by atoms with Crippen LogP contribution >= 0.6 is 0 Å². The maximum atomic E-state index is 5.17. The number of methoxy groups -OCH3 is 1. The summed E-state index contributed by atoms with van der Waals surface area (Å²) in [6.45, 7) is 12.6. The zero-order chi connectivity index (χ0) is 16.5. The van der Waals surface area contributed by atoms with Crippen molar-refractivity contribution in [3.8, 4) is 0 Å². The van der Waals surface area contributed by atoms with E-state index in [9.17, 15) is 0 Å². The minimum absolute atomic E-state index is 0.704. The molecule has 0 aromatic heterocycles. The largest absolute Gasteiger partial charge is 0.380 e. The van der Waals surface area contributed by atoms with Gasteiger partial charge in [0.1, 0.15) is 0 Å². The molecule has 3 heteroatoms. The van der Waals surface area contributed by atoms with E-state index < -0.39 is 0 Å². The number of ether oxygens (including phenoxy) is 1. The van der Waals surface area contributed by atoms with Crippen LogP contribution in [0, 0.1) is 5.92 Å². The van der Waals surface area contributed by atoms with Crippen molar-refractivity contribution >= 4 is 0 Å². The molecule has 3 nitrogen and oxygen atoms in total. The molecule has 0 bridgehead atoms. The van der Waals surface area contributed by atoms with Gasteiger partial charge >= 0.3 is 0 Å². The lowest BCUT2D eigenvalue weighted by Gasteiger charge is -2.36. The van der Waals surface area contributed by atoms with Crippen LogP contribution in [0.2, 0.25) is 0 Å². The van der Waals surface area contributed by atoms with Crippen LogP contribution < -0.4 is 0 Å². The highest BCUT2D eigenvalue weighted by molar-refractivity contribution is 5.22. The van der Waals surface area contributed by atoms with Crippen molar-refractivity contribution in [1.29, 1.82) is 0 Å². The highest BCUT2D eigenvalue weighted by atomic mass is 16.5. The Balaban J connectivity index is 1.70. The van der Waals surface area contributed by atoms with E-state index in [1.165, 1.54) is 63.1 Å². The van der Waals surface area contributed by atoms with Gasteiger partial charge in [0.2, 0.25) is 0 Å². The first-order valence-corrected chi connectivity index (χ1v) is 9.22. The van der Waals surface area contributed by atoms with Gasteiger partial charge in [0, 0.05) is 46.4 Å². The van der Waals surface area contributed by atoms with E-state index in [-0.39, 0.29) is 0 Å². The van der Waals surface area contributed by atoms with E-state index in [1.807, 2.05) is 0 Å². The van der Waals surface area contributed by atoms with Crippen LogP contribution in [0.3, 0.4) is 0 Å². The van der Waals surface area contributed by atoms with Crippen LogP contribution in [0.25, 0.3) is 0 Å². The van der Waals surface area contributed by atoms with Crippen molar-refractivity contribution in [3.05, 3.63) is 35.4 Å². The Morgan fingerprint density at radius 1 is 1.00 bits per heavy atom. The zero-order valence-electron chi connectivity index (χ0n) is 15.3. The molecule has 0 N–H and O–H groups in total. The molecule has 1 aromatic carbocycles. The third-order valence-electron chi connectivity index (χ3n) is 4.83. The molecule has 1 aliphatic rings. The van der Waals surface area contributed by atoms with Crippen LogP contribution in [0.1, 0.15) is 44.2 Å². The Kier molecular flexibility index (Phi) is 8.07. The Morgan fingerprint density at radius 3 is 2.22 bits per heavy atom. The average molecular weight is 319 g/mol. The summed E-state index contributed by atoms with van der Waals surface area (Å²) in [5.41, 5.74) is 2.66. The molecule has 1 unspecified atom stereocenters. The predicted octanol–water partition coefficient (Wildman–Crippen LogP) is 3.78. The van der Waals surface area contributed by atoms with Gasteiger partial charge in [-0.05, 0) is 23.5 Å². The number of piperazine rings is 1. The zero-order valence-corrected chi connectivity index (χ0v) is 15.3. The van der Waals surface area contributed by atoms with Gasteiger partial charge in [0.05, 0.1) is 6.61 Å². The molecule has 1 fully saturated rings. The Morgan fingerprint density at radius 2 is 1.61 bits per heavy atom. The van der Waals surface area contributed by atoms with Gasteiger partial charge in [0.25, 0.3) is 0 Å². The van der Waals surface area contributed by atoms with Gasteiger partial charge in [0.15, 0.2) is 0 Å². The fourth-order valence-electron chi connectivity index (χ4n) is 3.38. The van der Waals surface area contributed by atoms with Gasteiger partial charge in [-0.25, -0.2) is 0 Å². The number of benzene rings is 1. The Bertz CT molecular complexity index is 424. The fourth-order valence-corrected chi connectivity index (χ4v) is 3.38. The monoisotopic (exact) mass is 318 g/mol. The molecule has 0 aliphatic carbocycles. The normalized spacial score (nSPS) is 18.2. The quantitative estimate of drug-likeness (QED) is 0.689. The summed E-state index contributed by atoms with van der Waals surface area (Å²) >= 11 is 0. The number of hydrogen-bond donors (Lipinski definition) is 0. The second-order valence-corrected chi connectivity index (χ2v) is 7.07. The standard InChI is InChI=1S/C20H34N2O/c1-4-5-6-18(2)15-21-11-13-22(14-12-21)16-19-7-9-20(10-8-19)17-23-3/h7-10,18H,4-6,11-17H2,1-3H3. The number of hydrogen-bond acceptors (Lipinski definition) is 3. The lowest BCUT2D eigenvalue weighted by molar-refractivity contribution is 0.113. The summed E-state index contributed by atoms with van der Waals surface area (Å²) in [4.78, 5) is 5.23. The molecule has 1 aromatic rings. The first-order chi connectivity index (χ1) is 11.2.